The summed E-state index contributed by atoms with van der Waals surface area (Å²) in [6, 6.07) is 8.51. The van der Waals surface area contributed by atoms with Crippen molar-refractivity contribution in [1.82, 2.24) is 5.32 Å². The molecule has 0 aliphatic rings. The van der Waals surface area contributed by atoms with Gasteiger partial charge in [0.2, 0.25) is 0 Å². The predicted octanol–water partition coefficient (Wildman–Crippen LogP) is 4.27. The van der Waals surface area contributed by atoms with Crippen LogP contribution in [0.2, 0.25) is 0 Å². The SMILES string of the molecule is CCCCCC(CCC)NC(=O)c1ccc2ccc(=O)oc2c1. The molecule has 1 amide bonds. The molecular formula is C19H25NO3. The van der Waals surface area contributed by atoms with E-state index in [1.54, 1.807) is 24.3 Å². The van der Waals surface area contributed by atoms with Gasteiger partial charge in [0.25, 0.3) is 5.91 Å². The largest absolute Gasteiger partial charge is 0.423 e. The molecule has 0 saturated heterocycles. The highest BCUT2D eigenvalue weighted by atomic mass is 16.4. The number of fused-ring (bicyclic) bond motifs is 1. The molecule has 0 aliphatic carbocycles. The van der Waals surface area contributed by atoms with Crippen LogP contribution in [0.5, 0.6) is 0 Å². The summed E-state index contributed by atoms with van der Waals surface area (Å²) in [5.74, 6) is -0.103. The normalized spacial score (nSPS) is 12.3. The fourth-order valence-electron chi connectivity index (χ4n) is 2.75. The Bertz CT molecular complexity index is 705. The van der Waals surface area contributed by atoms with Crippen LogP contribution in [-0.4, -0.2) is 11.9 Å². The first-order valence-electron chi connectivity index (χ1n) is 8.48. The Morgan fingerprint density at radius 1 is 1.09 bits per heavy atom. The number of amides is 1. The first-order valence-corrected chi connectivity index (χ1v) is 8.48. The van der Waals surface area contributed by atoms with E-state index in [1.807, 2.05) is 0 Å². The van der Waals surface area contributed by atoms with Crippen molar-refractivity contribution >= 4 is 16.9 Å². The molecule has 1 heterocycles. The number of carbonyl (C=O) groups excluding carboxylic acids is 1. The van der Waals surface area contributed by atoms with Gasteiger partial charge in [-0.3, -0.25) is 4.79 Å². The average molecular weight is 315 g/mol. The Kier molecular flexibility index (Phi) is 6.39. The van der Waals surface area contributed by atoms with Crippen molar-refractivity contribution in [2.45, 2.75) is 58.4 Å². The molecule has 1 unspecified atom stereocenters. The molecule has 2 rings (SSSR count). The molecule has 0 saturated carbocycles. The van der Waals surface area contributed by atoms with Gasteiger partial charge in [0.15, 0.2) is 0 Å². The number of rotatable bonds is 8. The minimum atomic E-state index is -0.404. The maximum Gasteiger partial charge on any atom is 0.336 e. The van der Waals surface area contributed by atoms with Crippen LogP contribution in [0.1, 0.15) is 62.7 Å². The molecule has 23 heavy (non-hydrogen) atoms. The van der Waals surface area contributed by atoms with Gasteiger partial charge in [-0.2, -0.15) is 0 Å². The van der Waals surface area contributed by atoms with E-state index in [2.05, 4.69) is 19.2 Å². The van der Waals surface area contributed by atoms with Gasteiger partial charge in [0.1, 0.15) is 5.58 Å². The molecule has 2 aromatic rings. The topological polar surface area (TPSA) is 59.3 Å². The van der Waals surface area contributed by atoms with Crippen molar-refractivity contribution in [2.24, 2.45) is 0 Å². The summed E-state index contributed by atoms with van der Waals surface area (Å²) >= 11 is 0. The molecule has 1 N–H and O–H groups in total. The third-order valence-electron chi connectivity index (χ3n) is 4.01. The molecule has 0 bridgehead atoms. The van der Waals surface area contributed by atoms with Crippen molar-refractivity contribution in [2.75, 3.05) is 0 Å². The van der Waals surface area contributed by atoms with Crippen molar-refractivity contribution in [3.05, 3.63) is 46.3 Å². The lowest BCUT2D eigenvalue weighted by atomic mass is 10.0. The van der Waals surface area contributed by atoms with E-state index in [0.717, 1.165) is 31.1 Å². The molecule has 1 atom stereocenters. The number of carbonyl (C=O) groups is 1. The van der Waals surface area contributed by atoms with Crippen LogP contribution in [0.25, 0.3) is 11.0 Å². The van der Waals surface area contributed by atoms with Gasteiger partial charge >= 0.3 is 5.63 Å². The van der Waals surface area contributed by atoms with E-state index >= 15 is 0 Å². The van der Waals surface area contributed by atoms with E-state index < -0.39 is 5.63 Å². The third-order valence-corrected chi connectivity index (χ3v) is 4.01. The molecular weight excluding hydrogens is 290 g/mol. The minimum absolute atomic E-state index is 0.103. The van der Waals surface area contributed by atoms with E-state index in [9.17, 15) is 9.59 Å². The van der Waals surface area contributed by atoms with Crippen LogP contribution in [0.3, 0.4) is 0 Å². The second-order valence-electron chi connectivity index (χ2n) is 5.96. The lowest BCUT2D eigenvalue weighted by Crippen LogP contribution is -2.34. The summed E-state index contributed by atoms with van der Waals surface area (Å²) in [4.78, 5) is 23.8. The summed E-state index contributed by atoms with van der Waals surface area (Å²) < 4.78 is 5.15. The van der Waals surface area contributed by atoms with Crippen LogP contribution in [0, 0.1) is 0 Å². The van der Waals surface area contributed by atoms with Gasteiger partial charge < -0.3 is 9.73 Å². The van der Waals surface area contributed by atoms with Crippen molar-refractivity contribution in [3.8, 4) is 0 Å². The molecule has 0 spiro atoms. The van der Waals surface area contributed by atoms with Gasteiger partial charge in [0.05, 0.1) is 0 Å². The van der Waals surface area contributed by atoms with Crippen molar-refractivity contribution < 1.29 is 9.21 Å². The molecule has 0 fully saturated rings. The predicted molar refractivity (Wildman–Crippen MR) is 92.8 cm³/mol. The van der Waals surface area contributed by atoms with Crippen molar-refractivity contribution in [3.63, 3.8) is 0 Å². The number of nitrogens with one attached hydrogen (secondary N) is 1. The lowest BCUT2D eigenvalue weighted by Gasteiger charge is -2.18. The maximum absolute atomic E-state index is 12.5. The minimum Gasteiger partial charge on any atom is -0.423 e. The highest BCUT2D eigenvalue weighted by molar-refractivity contribution is 5.97. The Morgan fingerprint density at radius 3 is 2.61 bits per heavy atom. The van der Waals surface area contributed by atoms with Gasteiger partial charge in [-0.05, 0) is 31.0 Å². The van der Waals surface area contributed by atoms with Gasteiger partial charge in [-0.1, -0.05) is 45.6 Å². The molecule has 1 aromatic carbocycles. The standard InChI is InChI=1S/C19H25NO3/c1-3-5-6-8-16(7-4-2)20-19(22)15-10-9-14-11-12-18(21)23-17(14)13-15/h9-13,16H,3-8H2,1-2H3,(H,20,22). The van der Waals surface area contributed by atoms with Gasteiger partial charge in [-0.25, -0.2) is 4.79 Å². The van der Waals surface area contributed by atoms with Crippen molar-refractivity contribution in [1.29, 1.82) is 0 Å². The third kappa shape index (κ3) is 4.95. The highest BCUT2D eigenvalue weighted by Crippen LogP contribution is 2.15. The monoisotopic (exact) mass is 315 g/mol. The van der Waals surface area contributed by atoms with Gasteiger partial charge in [-0.15, -0.1) is 0 Å². The van der Waals surface area contributed by atoms with Crippen LogP contribution in [0.15, 0.2) is 39.5 Å². The highest BCUT2D eigenvalue weighted by Gasteiger charge is 2.13. The Morgan fingerprint density at radius 2 is 1.87 bits per heavy atom. The first-order chi connectivity index (χ1) is 11.1. The lowest BCUT2D eigenvalue weighted by molar-refractivity contribution is 0.0932. The molecule has 4 nitrogen and oxygen atoms in total. The van der Waals surface area contributed by atoms with E-state index in [0.29, 0.717) is 11.1 Å². The van der Waals surface area contributed by atoms with Crippen LogP contribution >= 0.6 is 0 Å². The number of hydrogen-bond acceptors (Lipinski definition) is 3. The van der Waals surface area contributed by atoms with Crippen LogP contribution < -0.4 is 10.9 Å². The summed E-state index contributed by atoms with van der Waals surface area (Å²) in [5.41, 5.74) is 0.574. The quantitative estimate of drug-likeness (QED) is 0.584. The summed E-state index contributed by atoms with van der Waals surface area (Å²) in [6.45, 7) is 4.31. The molecule has 124 valence electrons. The zero-order chi connectivity index (χ0) is 16.7. The molecule has 0 radical (unpaired) electrons. The molecule has 0 aliphatic heterocycles. The Hall–Kier alpha value is -2.10. The summed E-state index contributed by atoms with van der Waals surface area (Å²) in [7, 11) is 0. The van der Waals surface area contributed by atoms with E-state index in [-0.39, 0.29) is 11.9 Å². The maximum atomic E-state index is 12.5. The van der Waals surface area contributed by atoms with E-state index in [1.165, 1.54) is 18.9 Å². The molecule has 4 heteroatoms. The van der Waals surface area contributed by atoms with Crippen LogP contribution in [-0.2, 0) is 0 Å². The first kappa shape index (κ1) is 17.3. The Labute approximate surface area is 136 Å². The zero-order valence-electron chi connectivity index (χ0n) is 13.9. The van der Waals surface area contributed by atoms with Crippen LogP contribution in [0.4, 0.5) is 0 Å². The summed E-state index contributed by atoms with van der Waals surface area (Å²) in [6.07, 6.45) is 6.54. The smallest absolute Gasteiger partial charge is 0.336 e. The average Bonchev–Trinajstić information content (AvgIpc) is 2.54. The second-order valence-corrected chi connectivity index (χ2v) is 5.96. The number of benzene rings is 1. The summed E-state index contributed by atoms with van der Waals surface area (Å²) in [5, 5.41) is 3.93. The van der Waals surface area contributed by atoms with Gasteiger partial charge in [0, 0.05) is 23.1 Å². The fourth-order valence-corrected chi connectivity index (χ4v) is 2.75. The zero-order valence-corrected chi connectivity index (χ0v) is 13.9. The second kappa shape index (κ2) is 8.51. The fraction of sp³-hybridized carbons (Fsp3) is 0.474. The van der Waals surface area contributed by atoms with E-state index in [4.69, 9.17) is 4.42 Å². The number of unbranched alkanes of at least 4 members (excludes halogenated alkanes) is 2. The number of hydrogen-bond donors (Lipinski definition) is 1. The Balaban J connectivity index is 2.10. The molecule has 1 aromatic heterocycles.